The molecule has 1 aromatic carbocycles. The lowest BCUT2D eigenvalue weighted by atomic mass is 10.2. The standard InChI is InChI=1S/C12H14F2N2O3/c13-12(14)10-6-9(16(17)18)3-4-11(10)19-7-8-2-1-5-15-8/h3-4,6,8,12,15H,1-2,5,7H2. The molecule has 1 fully saturated rings. The van der Waals surface area contributed by atoms with Crippen LogP contribution in [0.5, 0.6) is 5.75 Å². The quantitative estimate of drug-likeness (QED) is 0.661. The Morgan fingerprint density at radius 2 is 2.32 bits per heavy atom. The van der Waals surface area contributed by atoms with E-state index in [4.69, 9.17) is 4.74 Å². The zero-order chi connectivity index (χ0) is 13.8. The average Bonchev–Trinajstić information content (AvgIpc) is 2.89. The van der Waals surface area contributed by atoms with Crippen molar-refractivity contribution in [1.82, 2.24) is 5.32 Å². The summed E-state index contributed by atoms with van der Waals surface area (Å²) in [5, 5.41) is 13.7. The summed E-state index contributed by atoms with van der Waals surface area (Å²) in [6, 6.07) is 3.42. The molecule has 1 N–H and O–H groups in total. The molecule has 2 rings (SSSR count). The first kappa shape index (κ1) is 13.7. The fourth-order valence-electron chi connectivity index (χ4n) is 2.04. The lowest BCUT2D eigenvalue weighted by molar-refractivity contribution is -0.385. The van der Waals surface area contributed by atoms with Crippen LogP contribution in [-0.2, 0) is 0 Å². The second kappa shape index (κ2) is 5.92. The number of nitrogens with one attached hydrogen (secondary N) is 1. The third kappa shape index (κ3) is 3.37. The number of rotatable bonds is 5. The topological polar surface area (TPSA) is 64.4 Å². The van der Waals surface area contributed by atoms with Crippen molar-refractivity contribution in [3.05, 3.63) is 33.9 Å². The fraction of sp³-hybridized carbons (Fsp3) is 0.500. The van der Waals surface area contributed by atoms with E-state index in [1.165, 1.54) is 12.1 Å². The van der Waals surface area contributed by atoms with Gasteiger partial charge in [-0.3, -0.25) is 10.1 Å². The number of alkyl halides is 2. The van der Waals surface area contributed by atoms with Gasteiger partial charge in [0, 0.05) is 18.2 Å². The molecule has 0 aromatic heterocycles. The van der Waals surface area contributed by atoms with Crippen LogP contribution in [0.4, 0.5) is 14.5 Å². The van der Waals surface area contributed by atoms with Crippen molar-refractivity contribution >= 4 is 5.69 Å². The molecule has 1 saturated heterocycles. The lowest BCUT2D eigenvalue weighted by Gasteiger charge is -2.14. The van der Waals surface area contributed by atoms with E-state index in [-0.39, 0.29) is 24.1 Å². The van der Waals surface area contributed by atoms with Crippen molar-refractivity contribution in [3.8, 4) is 5.75 Å². The number of hydrogen-bond donors (Lipinski definition) is 1. The van der Waals surface area contributed by atoms with E-state index in [9.17, 15) is 18.9 Å². The molecule has 7 heteroatoms. The Kier molecular flexibility index (Phi) is 4.26. The van der Waals surface area contributed by atoms with E-state index in [0.717, 1.165) is 25.5 Å². The predicted octanol–water partition coefficient (Wildman–Crippen LogP) is 2.66. The summed E-state index contributed by atoms with van der Waals surface area (Å²) in [6.07, 6.45) is -0.820. The minimum Gasteiger partial charge on any atom is -0.491 e. The highest BCUT2D eigenvalue weighted by atomic mass is 19.3. The molecule has 1 aromatic rings. The molecule has 1 heterocycles. The molecule has 104 valence electrons. The molecule has 0 amide bonds. The van der Waals surface area contributed by atoms with Gasteiger partial charge in [0.25, 0.3) is 12.1 Å². The van der Waals surface area contributed by atoms with Gasteiger partial charge in [-0.15, -0.1) is 0 Å². The monoisotopic (exact) mass is 272 g/mol. The average molecular weight is 272 g/mol. The zero-order valence-electron chi connectivity index (χ0n) is 10.1. The van der Waals surface area contributed by atoms with Crippen LogP contribution < -0.4 is 10.1 Å². The van der Waals surface area contributed by atoms with Gasteiger partial charge < -0.3 is 10.1 Å². The maximum Gasteiger partial charge on any atom is 0.270 e. The SMILES string of the molecule is O=[N+]([O-])c1ccc(OCC2CCCN2)c(C(F)F)c1. The van der Waals surface area contributed by atoms with Crippen LogP contribution in [0.15, 0.2) is 18.2 Å². The van der Waals surface area contributed by atoms with Crippen LogP contribution in [0, 0.1) is 10.1 Å². The van der Waals surface area contributed by atoms with E-state index < -0.39 is 16.9 Å². The van der Waals surface area contributed by atoms with E-state index >= 15 is 0 Å². The van der Waals surface area contributed by atoms with Crippen molar-refractivity contribution in [2.45, 2.75) is 25.3 Å². The summed E-state index contributed by atoms with van der Waals surface area (Å²) < 4.78 is 31.1. The van der Waals surface area contributed by atoms with Crippen molar-refractivity contribution in [1.29, 1.82) is 0 Å². The molecule has 0 bridgehead atoms. The summed E-state index contributed by atoms with van der Waals surface area (Å²) >= 11 is 0. The Hall–Kier alpha value is -1.76. The van der Waals surface area contributed by atoms with Crippen molar-refractivity contribution in [3.63, 3.8) is 0 Å². The molecular formula is C12H14F2N2O3. The Labute approximate surface area is 108 Å². The van der Waals surface area contributed by atoms with E-state index in [0.29, 0.717) is 0 Å². The van der Waals surface area contributed by atoms with Gasteiger partial charge in [0.15, 0.2) is 0 Å². The molecule has 0 aliphatic carbocycles. The van der Waals surface area contributed by atoms with Gasteiger partial charge in [0.1, 0.15) is 12.4 Å². The first-order valence-electron chi connectivity index (χ1n) is 6.00. The lowest BCUT2D eigenvalue weighted by Crippen LogP contribution is -2.28. The highest BCUT2D eigenvalue weighted by molar-refractivity contribution is 5.44. The van der Waals surface area contributed by atoms with Crippen LogP contribution in [0.25, 0.3) is 0 Å². The summed E-state index contributed by atoms with van der Waals surface area (Å²) in [5.74, 6) is 0.00861. The summed E-state index contributed by atoms with van der Waals surface area (Å²) in [6.45, 7) is 1.19. The Bertz CT molecular complexity index is 462. The van der Waals surface area contributed by atoms with Crippen LogP contribution in [0.3, 0.4) is 0 Å². The molecule has 1 unspecified atom stereocenters. The maximum absolute atomic E-state index is 12.9. The molecule has 0 spiro atoms. The molecule has 0 saturated carbocycles. The normalized spacial score (nSPS) is 18.8. The second-order valence-corrected chi connectivity index (χ2v) is 4.38. The first-order chi connectivity index (χ1) is 9.08. The third-order valence-electron chi connectivity index (χ3n) is 3.04. The molecular weight excluding hydrogens is 258 g/mol. The van der Waals surface area contributed by atoms with E-state index in [1.807, 2.05) is 0 Å². The first-order valence-corrected chi connectivity index (χ1v) is 6.00. The highest BCUT2D eigenvalue weighted by Gasteiger charge is 2.21. The van der Waals surface area contributed by atoms with Gasteiger partial charge in [0.05, 0.1) is 10.5 Å². The highest BCUT2D eigenvalue weighted by Crippen LogP contribution is 2.32. The van der Waals surface area contributed by atoms with E-state index in [2.05, 4.69) is 5.32 Å². The molecule has 0 radical (unpaired) electrons. The van der Waals surface area contributed by atoms with Gasteiger partial charge in [-0.2, -0.15) is 0 Å². The number of halogens is 2. The molecule has 19 heavy (non-hydrogen) atoms. The fourth-order valence-corrected chi connectivity index (χ4v) is 2.04. The molecule has 1 atom stereocenters. The number of non-ortho nitro benzene ring substituents is 1. The zero-order valence-corrected chi connectivity index (χ0v) is 10.1. The van der Waals surface area contributed by atoms with Crippen molar-refractivity contribution in [2.24, 2.45) is 0 Å². The minimum atomic E-state index is -2.80. The largest absolute Gasteiger partial charge is 0.491 e. The summed E-state index contributed by atoms with van der Waals surface area (Å²) in [7, 11) is 0. The van der Waals surface area contributed by atoms with Crippen LogP contribution in [0.1, 0.15) is 24.8 Å². The van der Waals surface area contributed by atoms with Gasteiger partial charge in [-0.25, -0.2) is 8.78 Å². The number of benzene rings is 1. The second-order valence-electron chi connectivity index (χ2n) is 4.38. The van der Waals surface area contributed by atoms with Crippen molar-refractivity contribution < 1.29 is 18.4 Å². The Morgan fingerprint density at radius 1 is 1.53 bits per heavy atom. The van der Waals surface area contributed by atoms with Gasteiger partial charge in [0.2, 0.25) is 0 Å². The number of hydrogen-bond acceptors (Lipinski definition) is 4. The van der Waals surface area contributed by atoms with Crippen LogP contribution >= 0.6 is 0 Å². The van der Waals surface area contributed by atoms with Crippen LogP contribution in [-0.4, -0.2) is 24.1 Å². The Morgan fingerprint density at radius 3 is 2.89 bits per heavy atom. The number of nitrogens with zero attached hydrogens (tertiary/aromatic N) is 1. The predicted molar refractivity (Wildman–Crippen MR) is 64.6 cm³/mol. The smallest absolute Gasteiger partial charge is 0.270 e. The molecule has 5 nitrogen and oxygen atoms in total. The Balaban J connectivity index is 2.11. The maximum atomic E-state index is 12.9. The summed E-state index contributed by atoms with van der Waals surface area (Å²) in [5.41, 5.74) is -0.797. The van der Waals surface area contributed by atoms with Crippen molar-refractivity contribution in [2.75, 3.05) is 13.2 Å². The number of nitro benzene ring substituents is 1. The van der Waals surface area contributed by atoms with Gasteiger partial charge in [-0.05, 0) is 25.5 Å². The van der Waals surface area contributed by atoms with Crippen LogP contribution in [0.2, 0.25) is 0 Å². The minimum absolute atomic E-state index is 0.00861. The van der Waals surface area contributed by atoms with Gasteiger partial charge >= 0.3 is 0 Å². The van der Waals surface area contributed by atoms with E-state index in [1.54, 1.807) is 0 Å². The van der Waals surface area contributed by atoms with Gasteiger partial charge in [-0.1, -0.05) is 0 Å². The summed E-state index contributed by atoms with van der Waals surface area (Å²) in [4.78, 5) is 9.86. The molecule has 1 aliphatic heterocycles. The third-order valence-corrected chi connectivity index (χ3v) is 3.04. The molecule has 1 aliphatic rings. The number of ether oxygens (including phenoxy) is 1. The number of nitro groups is 1.